The summed E-state index contributed by atoms with van der Waals surface area (Å²) in [5, 5.41) is 14.3. The molecule has 1 aromatic carbocycles. The summed E-state index contributed by atoms with van der Waals surface area (Å²) in [4.78, 5) is 67.8. The quantitative estimate of drug-likeness (QED) is 0.209. The van der Waals surface area contributed by atoms with Crippen molar-refractivity contribution in [2.24, 2.45) is 11.3 Å². The van der Waals surface area contributed by atoms with Crippen molar-refractivity contribution in [3.8, 4) is 0 Å². The molecule has 2 heterocycles. The maximum absolute atomic E-state index is 13.9. The van der Waals surface area contributed by atoms with Gasteiger partial charge in [-0.05, 0) is 85.8 Å². The smallest absolute Gasteiger partial charge is 0.407 e. The fraction of sp³-hybridized carbons (Fsp3) is 0.686. The first-order valence-electron chi connectivity index (χ1n) is 17.8. The van der Waals surface area contributed by atoms with E-state index in [1.807, 2.05) is 45.9 Å². The third kappa shape index (κ3) is 8.35. The van der Waals surface area contributed by atoms with Crippen molar-refractivity contribution in [3.05, 3.63) is 34.9 Å². The second-order valence-electron chi connectivity index (χ2n) is 15.2. The van der Waals surface area contributed by atoms with E-state index in [1.165, 1.54) is 9.80 Å². The zero-order valence-electron chi connectivity index (χ0n) is 29.5. The minimum absolute atomic E-state index is 0.157. The number of nitrogens with zero attached hydrogens (tertiary/aromatic N) is 2. The molecule has 5 rings (SSSR count). The van der Waals surface area contributed by atoms with Gasteiger partial charge in [0.15, 0.2) is 0 Å². The molecule has 2 saturated carbocycles. The Morgan fingerprint density at radius 3 is 2.44 bits per heavy atom. The number of alkyl carbamates (subject to hydrolysis) is 1. The molecule has 50 heavy (non-hydrogen) atoms. The summed E-state index contributed by atoms with van der Waals surface area (Å²) in [6, 6.07) is 4.08. The van der Waals surface area contributed by atoms with Crippen LogP contribution < -0.4 is 15.4 Å². The number of nitrogens with one attached hydrogen (secondary N) is 3. The number of rotatable bonds is 14. The second kappa shape index (κ2) is 14.8. The predicted octanol–water partition coefficient (Wildman–Crippen LogP) is 3.42. The minimum Gasteiger partial charge on any atom is -0.465 e. The van der Waals surface area contributed by atoms with Crippen LogP contribution in [-0.2, 0) is 48.7 Å². The van der Waals surface area contributed by atoms with E-state index in [0.29, 0.717) is 64.6 Å². The van der Waals surface area contributed by atoms with Gasteiger partial charge in [-0.25, -0.2) is 18.0 Å². The molecule has 276 valence electrons. The Morgan fingerprint density at radius 1 is 1.06 bits per heavy atom. The summed E-state index contributed by atoms with van der Waals surface area (Å²) in [6.07, 6.45) is 4.20. The summed E-state index contributed by atoms with van der Waals surface area (Å²) in [5.41, 5.74) is 1.19. The number of likely N-dealkylation sites (tertiary alicyclic amines) is 1. The summed E-state index contributed by atoms with van der Waals surface area (Å²) in [6.45, 7) is 8.56. The van der Waals surface area contributed by atoms with Gasteiger partial charge in [0.1, 0.15) is 17.6 Å². The van der Waals surface area contributed by atoms with Gasteiger partial charge in [0, 0.05) is 19.6 Å². The van der Waals surface area contributed by atoms with Gasteiger partial charge in [0.25, 0.3) is 5.91 Å². The Kier molecular flexibility index (Phi) is 11.0. The van der Waals surface area contributed by atoms with Crippen molar-refractivity contribution in [2.75, 3.05) is 13.2 Å². The number of carbonyl (C=O) groups is 5. The van der Waals surface area contributed by atoms with E-state index >= 15 is 0 Å². The lowest BCUT2D eigenvalue weighted by atomic mass is 9.85. The molecule has 15 heteroatoms. The Bertz CT molecular complexity index is 1610. The molecule has 2 aliphatic heterocycles. The van der Waals surface area contributed by atoms with E-state index < -0.39 is 68.2 Å². The first-order chi connectivity index (χ1) is 23.6. The average molecular weight is 718 g/mol. The van der Waals surface area contributed by atoms with Crippen molar-refractivity contribution in [3.63, 3.8) is 0 Å². The molecule has 14 nitrogen and oxygen atoms in total. The fourth-order valence-electron chi connectivity index (χ4n) is 7.19. The van der Waals surface area contributed by atoms with Crippen LogP contribution in [0.4, 0.5) is 9.59 Å². The molecule has 4 aliphatic rings. The number of sulfonamides is 1. The number of unbranched alkanes of at least 4 members (excludes halogenated alkanes) is 2. The molecule has 4 N–H and O–H groups in total. The predicted molar refractivity (Wildman–Crippen MR) is 183 cm³/mol. The molecule has 0 bridgehead atoms. The Morgan fingerprint density at radius 2 is 1.80 bits per heavy atom. The first kappa shape index (κ1) is 37.4. The molecule has 0 aromatic heterocycles. The average Bonchev–Trinajstić information content (AvgIpc) is 3.92. The van der Waals surface area contributed by atoms with Gasteiger partial charge < -0.3 is 25.4 Å². The molecule has 0 radical (unpaired) electrons. The van der Waals surface area contributed by atoms with Crippen LogP contribution in [-0.4, -0.2) is 89.3 Å². The van der Waals surface area contributed by atoms with Crippen LogP contribution in [0, 0.1) is 11.3 Å². The molecule has 2 aliphatic carbocycles. The summed E-state index contributed by atoms with van der Waals surface area (Å²) >= 11 is 0. The van der Waals surface area contributed by atoms with Crippen LogP contribution in [0.1, 0.15) is 102 Å². The zero-order chi connectivity index (χ0) is 36.4. The molecule has 0 unspecified atom stereocenters. The lowest BCUT2D eigenvalue weighted by Crippen LogP contribution is -2.60. The van der Waals surface area contributed by atoms with Crippen LogP contribution in [0.2, 0.25) is 0 Å². The minimum atomic E-state index is -3.79. The van der Waals surface area contributed by atoms with Gasteiger partial charge >= 0.3 is 12.2 Å². The number of aryl methyl sites for hydroxylation is 1. The Hall–Kier alpha value is -3.88. The first-order valence-corrected chi connectivity index (χ1v) is 19.3. The van der Waals surface area contributed by atoms with Crippen molar-refractivity contribution < 1.29 is 42.2 Å². The number of carboxylic acid groups (broad SMARTS) is 1. The molecule has 1 saturated heterocycles. The van der Waals surface area contributed by atoms with E-state index in [2.05, 4.69) is 15.4 Å². The number of benzene rings is 1. The number of hydrogen-bond acceptors (Lipinski definition) is 8. The van der Waals surface area contributed by atoms with Gasteiger partial charge in [0.05, 0.1) is 11.9 Å². The van der Waals surface area contributed by atoms with E-state index in [-0.39, 0.29) is 12.5 Å². The maximum Gasteiger partial charge on any atom is 0.407 e. The second-order valence-corrected chi connectivity index (χ2v) is 17.2. The molecule has 3 fully saturated rings. The highest BCUT2D eigenvalue weighted by Gasteiger charge is 2.62. The molecule has 0 spiro atoms. The topological polar surface area (TPSA) is 192 Å². The molecular formula is C35H51N5O9S. The molecule has 1 aromatic rings. The zero-order valence-corrected chi connectivity index (χ0v) is 30.3. The Labute approximate surface area is 294 Å². The van der Waals surface area contributed by atoms with E-state index in [1.54, 1.807) is 0 Å². The summed E-state index contributed by atoms with van der Waals surface area (Å²) in [5.74, 6) is -1.88. The van der Waals surface area contributed by atoms with Crippen molar-refractivity contribution in [1.29, 1.82) is 0 Å². The monoisotopic (exact) mass is 717 g/mol. The highest BCUT2D eigenvalue weighted by Crippen LogP contribution is 2.47. The van der Waals surface area contributed by atoms with Crippen molar-refractivity contribution in [2.45, 2.75) is 128 Å². The van der Waals surface area contributed by atoms with Crippen molar-refractivity contribution >= 4 is 39.9 Å². The highest BCUT2D eigenvalue weighted by molar-refractivity contribution is 7.91. The lowest BCUT2D eigenvalue weighted by molar-refractivity contribution is -0.142. The maximum atomic E-state index is 13.9. The largest absolute Gasteiger partial charge is 0.465 e. The normalized spacial score (nSPS) is 23.5. The van der Waals surface area contributed by atoms with E-state index in [0.717, 1.165) is 36.0 Å². The third-order valence-corrected chi connectivity index (χ3v) is 12.3. The SMILES string of the molecule is CC[C@@H]1C[C@]1(NC(=O)[C@@H]1CCCN1C(=O)[C@@H](NC(=O)OCCCCCc1cccc2c1CN(C(=O)O)C2)C(C)(C)C)C(=O)NS(=O)(=O)C1CC1. The lowest BCUT2D eigenvalue weighted by Gasteiger charge is -2.35. The van der Waals surface area contributed by atoms with Crippen LogP contribution in [0.15, 0.2) is 18.2 Å². The van der Waals surface area contributed by atoms with Gasteiger partial charge in [-0.1, -0.05) is 52.3 Å². The standard InChI is InChI=1S/C35H51N5O9S/c1-5-24-19-35(24,31(43)38-50(47,48)25-15-16-25)37-29(41)27-14-10-17-40(27)30(42)28(34(2,3)4)36-32(44)49-18-8-6-7-11-22-12-9-13-23-20-39(33(45)46)21-26(22)23/h9,12-13,24-25,27-28H,5-8,10-11,14-21H2,1-4H3,(H,36,44)(H,37,41)(H,38,43)(H,45,46)/t24-,27+,28-,35-/m1/s1. The number of carbonyl (C=O) groups excluding carboxylic acids is 4. The van der Waals surface area contributed by atoms with Gasteiger partial charge in [-0.3, -0.25) is 24.0 Å². The van der Waals surface area contributed by atoms with E-state index in [9.17, 15) is 37.5 Å². The van der Waals surface area contributed by atoms with Crippen molar-refractivity contribution in [1.82, 2.24) is 25.2 Å². The summed E-state index contributed by atoms with van der Waals surface area (Å²) < 4.78 is 32.6. The molecule has 5 amide bonds. The molecular weight excluding hydrogens is 666 g/mol. The Balaban J connectivity index is 1.11. The number of amides is 5. The van der Waals surface area contributed by atoms with E-state index in [4.69, 9.17) is 4.74 Å². The highest BCUT2D eigenvalue weighted by atomic mass is 32.2. The fourth-order valence-corrected chi connectivity index (χ4v) is 8.56. The molecule has 4 atom stereocenters. The number of ether oxygens (including phenoxy) is 1. The third-order valence-electron chi connectivity index (χ3n) is 10.4. The van der Waals surface area contributed by atoms with Crippen LogP contribution >= 0.6 is 0 Å². The number of fused-ring (bicyclic) bond motifs is 1. The number of hydrogen-bond donors (Lipinski definition) is 4. The van der Waals surface area contributed by atoms with Crippen LogP contribution in [0.3, 0.4) is 0 Å². The van der Waals surface area contributed by atoms with Crippen LogP contribution in [0.25, 0.3) is 0 Å². The van der Waals surface area contributed by atoms with Crippen LogP contribution in [0.5, 0.6) is 0 Å². The van der Waals surface area contributed by atoms with Gasteiger partial charge in [-0.2, -0.15) is 0 Å². The van der Waals surface area contributed by atoms with Gasteiger partial charge in [0.2, 0.25) is 21.8 Å². The summed E-state index contributed by atoms with van der Waals surface area (Å²) in [7, 11) is -3.79. The van der Waals surface area contributed by atoms with Gasteiger partial charge in [-0.15, -0.1) is 0 Å².